The van der Waals surface area contributed by atoms with Crippen LogP contribution in [0.4, 0.5) is 8.78 Å². The maximum Gasteiger partial charge on any atom is 0.243 e. The molecule has 0 aliphatic carbocycles. The minimum atomic E-state index is -1.11. The first-order chi connectivity index (χ1) is 13.2. The molecule has 8 heteroatoms. The molecule has 0 saturated carbocycles. The van der Waals surface area contributed by atoms with Crippen LogP contribution in [-0.2, 0) is 16.1 Å². The number of carbonyl (C=O) groups excluding carboxylic acids is 2. The van der Waals surface area contributed by atoms with Crippen molar-refractivity contribution in [1.82, 2.24) is 15.6 Å². The molecule has 0 saturated heterocycles. The lowest BCUT2D eigenvalue weighted by Crippen LogP contribution is -2.48. The molecule has 2 amide bonds. The topological polar surface area (TPSA) is 80.3 Å². The van der Waals surface area contributed by atoms with Crippen molar-refractivity contribution in [2.45, 2.75) is 40.3 Å². The lowest BCUT2D eigenvalue weighted by molar-refractivity contribution is -0.129. The standard InChI is InChI=1S/C20H23F2N3O3/c1-11(2)18(25-13(4)26)19(27)24-10-14-6-5-9-23-20(14)28-15-8-7-12(3)16(21)17(15)22/h5-9,11,18H,10H2,1-4H3,(H,24,27)(H,25,26). The van der Waals surface area contributed by atoms with Gasteiger partial charge in [0.25, 0.3) is 0 Å². The third kappa shape index (κ3) is 5.25. The van der Waals surface area contributed by atoms with Crippen LogP contribution in [0.5, 0.6) is 11.6 Å². The summed E-state index contributed by atoms with van der Waals surface area (Å²) in [5, 5.41) is 5.31. The molecule has 0 fully saturated rings. The van der Waals surface area contributed by atoms with Crippen molar-refractivity contribution in [2.75, 3.05) is 0 Å². The summed E-state index contributed by atoms with van der Waals surface area (Å²) < 4.78 is 33.3. The average molecular weight is 391 g/mol. The van der Waals surface area contributed by atoms with E-state index in [9.17, 15) is 18.4 Å². The summed E-state index contributed by atoms with van der Waals surface area (Å²) in [5.74, 6) is -3.13. The smallest absolute Gasteiger partial charge is 0.243 e. The summed E-state index contributed by atoms with van der Waals surface area (Å²) in [5.41, 5.74) is 0.637. The van der Waals surface area contributed by atoms with Crippen molar-refractivity contribution in [3.8, 4) is 11.6 Å². The van der Waals surface area contributed by atoms with Crippen LogP contribution in [0.15, 0.2) is 30.5 Å². The molecule has 1 aromatic carbocycles. The predicted molar refractivity (Wildman–Crippen MR) is 99.7 cm³/mol. The molecule has 1 atom stereocenters. The summed E-state index contributed by atoms with van der Waals surface area (Å²) in [6, 6.07) is 5.30. The van der Waals surface area contributed by atoms with E-state index < -0.39 is 17.7 Å². The summed E-state index contributed by atoms with van der Waals surface area (Å²) in [7, 11) is 0. The Morgan fingerprint density at radius 2 is 1.89 bits per heavy atom. The molecule has 28 heavy (non-hydrogen) atoms. The molecule has 1 heterocycles. The zero-order valence-corrected chi connectivity index (χ0v) is 16.2. The van der Waals surface area contributed by atoms with Crippen molar-refractivity contribution >= 4 is 11.8 Å². The maximum atomic E-state index is 14.1. The van der Waals surface area contributed by atoms with Gasteiger partial charge in [0.05, 0.1) is 0 Å². The third-order valence-electron chi connectivity index (χ3n) is 4.06. The van der Waals surface area contributed by atoms with E-state index in [1.54, 1.807) is 12.1 Å². The van der Waals surface area contributed by atoms with Gasteiger partial charge in [-0.1, -0.05) is 26.0 Å². The van der Waals surface area contributed by atoms with E-state index >= 15 is 0 Å². The number of amides is 2. The number of carbonyl (C=O) groups is 2. The largest absolute Gasteiger partial charge is 0.435 e. The highest BCUT2D eigenvalue weighted by Gasteiger charge is 2.23. The predicted octanol–water partition coefficient (Wildman–Crippen LogP) is 3.24. The van der Waals surface area contributed by atoms with Crippen LogP contribution < -0.4 is 15.4 Å². The van der Waals surface area contributed by atoms with E-state index in [0.29, 0.717) is 5.56 Å². The molecular formula is C20H23F2N3O3. The van der Waals surface area contributed by atoms with E-state index in [4.69, 9.17) is 4.74 Å². The van der Waals surface area contributed by atoms with Crippen LogP contribution in [0.2, 0.25) is 0 Å². The van der Waals surface area contributed by atoms with Crippen LogP contribution in [0.25, 0.3) is 0 Å². The fraction of sp³-hybridized carbons (Fsp3) is 0.350. The Morgan fingerprint density at radius 1 is 1.18 bits per heavy atom. The minimum Gasteiger partial charge on any atom is -0.435 e. The first kappa shape index (κ1) is 21.3. The van der Waals surface area contributed by atoms with E-state index in [-0.39, 0.29) is 41.5 Å². The van der Waals surface area contributed by atoms with Crippen LogP contribution in [-0.4, -0.2) is 22.8 Å². The van der Waals surface area contributed by atoms with Crippen LogP contribution in [0.3, 0.4) is 0 Å². The summed E-state index contributed by atoms with van der Waals surface area (Å²) in [6.07, 6.45) is 1.44. The molecular weight excluding hydrogens is 368 g/mol. The number of hydrogen-bond acceptors (Lipinski definition) is 4. The van der Waals surface area contributed by atoms with E-state index in [2.05, 4.69) is 15.6 Å². The molecule has 2 rings (SSSR count). The van der Waals surface area contributed by atoms with Gasteiger partial charge in [0.1, 0.15) is 6.04 Å². The Labute approximate surface area is 162 Å². The monoisotopic (exact) mass is 391 g/mol. The van der Waals surface area contributed by atoms with Gasteiger partial charge in [0.2, 0.25) is 23.5 Å². The van der Waals surface area contributed by atoms with E-state index in [1.807, 2.05) is 13.8 Å². The van der Waals surface area contributed by atoms with Gasteiger partial charge in [0.15, 0.2) is 11.6 Å². The van der Waals surface area contributed by atoms with Gasteiger partial charge in [-0.2, -0.15) is 4.39 Å². The van der Waals surface area contributed by atoms with Crippen molar-refractivity contribution in [2.24, 2.45) is 5.92 Å². The molecule has 6 nitrogen and oxygen atoms in total. The van der Waals surface area contributed by atoms with Crippen molar-refractivity contribution in [3.63, 3.8) is 0 Å². The Kier molecular flexibility index (Phi) is 7.03. The van der Waals surface area contributed by atoms with Crippen LogP contribution >= 0.6 is 0 Å². The molecule has 2 aromatic rings. The lowest BCUT2D eigenvalue weighted by atomic mass is 10.0. The highest BCUT2D eigenvalue weighted by molar-refractivity contribution is 5.87. The van der Waals surface area contributed by atoms with Gasteiger partial charge in [-0.3, -0.25) is 9.59 Å². The quantitative estimate of drug-likeness (QED) is 0.759. The Bertz CT molecular complexity index is 872. The molecule has 1 aromatic heterocycles. The SMILES string of the molecule is CC(=O)NC(C(=O)NCc1cccnc1Oc1ccc(C)c(F)c1F)C(C)C. The summed E-state index contributed by atoms with van der Waals surface area (Å²) in [6.45, 7) is 6.46. The van der Waals surface area contributed by atoms with Crippen molar-refractivity contribution in [3.05, 3.63) is 53.2 Å². The van der Waals surface area contributed by atoms with Gasteiger partial charge in [-0.25, -0.2) is 9.37 Å². The van der Waals surface area contributed by atoms with Crippen LogP contribution in [0.1, 0.15) is 31.9 Å². The summed E-state index contributed by atoms with van der Waals surface area (Å²) >= 11 is 0. The van der Waals surface area contributed by atoms with Gasteiger partial charge in [-0.05, 0) is 30.5 Å². The van der Waals surface area contributed by atoms with E-state index in [0.717, 1.165) is 0 Å². The highest BCUT2D eigenvalue weighted by Crippen LogP contribution is 2.28. The second-order valence-electron chi connectivity index (χ2n) is 6.72. The highest BCUT2D eigenvalue weighted by atomic mass is 19.2. The molecule has 0 spiro atoms. The number of halogens is 2. The Balaban J connectivity index is 2.15. The van der Waals surface area contributed by atoms with E-state index in [1.165, 1.54) is 32.2 Å². The van der Waals surface area contributed by atoms with Gasteiger partial charge >= 0.3 is 0 Å². The summed E-state index contributed by atoms with van der Waals surface area (Å²) in [4.78, 5) is 27.7. The number of aromatic nitrogens is 1. The third-order valence-corrected chi connectivity index (χ3v) is 4.06. The van der Waals surface area contributed by atoms with Crippen molar-refractivity contribution < 1.29 is 23.1 Å². The maximum absolute atomic E-state index is 14.1. The minimum absolute atomic E-state index is 0.0424. The number of aryl methyl sites for hydroxylation is 1. The fourth-order valence-electron chi connectivity index (χ4n) is 2.51. The molecule has 0 aliphatic heterocycles. The molecule has 0 radical (unpaired) electrons. The van der Waals surface area contributed by atoms with Gasteiger partial charge < -0.3 is 15.4 Å². The molecule has 1 unspecified atom stereocenters. The number of ether oxygens (including phenoxy) is 1. The Hall–Kier alpha value is -3.03. The van der Waals surface area contributed by atoms with Gasteiger partial charge in [-0.15, -0.1) is 0 Å². The molecule has 150 valence electrons. The number of hydrogen-bond donors (Lipinski definition) is 2. The number of rotatable bonds is 7. The second-order valence-corrected chi connectivity index (χ2v) is 6.72. The molecule has 0 bridgehead atoms. The zero-order valence-electron chi connectivity index (χ0n) is 16.2. The second kappa shape index (κ2) is 9.25. The molecule has 0 aliphatic rings. The fourth-order valence-corrected chi connectivity index (χ4v) is 2.51. The first-order valence-corrected chi connectivity index (χ1v) is 8.81. The first-order valence-electron chi connectivity index (χ1n) is 8.81. The number of pyridine rings is 1. The average Bonchev–Trinajstić information content (AvgIpc) is 2.65. The Morgan fingerprint density at radius 3 is 2.54 bits per heavy atom. The number of benzene rings is 1. The number of nitrogens with one attached hydrogen (secondary N) is 2. The zero-order chi connectivity index (χ0) is 20.8. The number of nitrogens with zero attached hydrogens (tertiary/aromatic N) is 1. The normalized spacial score (nSPS) is 11.8. The van der Waals surface area contributed by atoms with Gasteiger partial charge in [0, 0.05) is 25.2 Å². The van der Waals surface area contributed by atoms with Crippen LogP contribution in [0, 0.1) is 24.5 Å². The van der Waals surface area contributed by atoms with Crippen molar-refractivity contribution in [1.29, 1.82) is 0 Å². The molecule has 2 N–H and O–H groups in total. The lowest BCUT2D eigenvalue weighted by Gasteiger charge is -2.21.